The number of thiol groups is 1. The summed E-state index contributed by atoms with van der Waals surface area (Å²) in [6.07, 6.45) is 0. The molecule has 0 aliphatic rings. The number of nitrogens with zero attached hydrogens (tertiary/aromatic N) is 2. The number of nitrogens with one attached hydrogen (secondary N) is 1. The van der Waals surface area contributed by atoms with Crippen LogP contribution in [0.1, 0.15) is 5.69 Å². The van der Waals surface area contributed by atoms with Crippen LogP contribution in [0.5, 0.6) is 5.88 Å². The van der Waals surface area contributed by atoms with Crippen LogP contribution >= 0.6 is 12.6 Å². The van der Waals surface area contributed by atoms with E-state index in [9.17, 15) is 4.79 Å². The van der Waals surface area contributed by atoms with Gasteiger partial charge < -0.3 is 4.74 Å². The quantitative estimate of drug-likeness (QED) is 0.724. The fourth-order valence-electron chi connectivity index (χ4n) is 0.864. The van der Waals surface area contributed by atoms with Crippen molar-refractivity contribution in [2.45, 2.75) is 6.92 Å². The van der Waals surface area contributed by atoms with Gasteiger partial charge in [-0.3, -0.25) is 10.1 Å². The third-order valence-electron chi connectivity index (χ3n) is 1.43. The van der Waals surface area contributed by atoms with Gasteiger partial charge in [0, 0.05) is 11.8 Å². The van der Waals surface area contributed by atoms with Gasteiger partial charge in [0.25, 0.3) is 0 Å². The minimum atomic E-state index is -0.249. The van der Waals surface area contributed by atoms with Crippen molar-refractivity contribution >= 4 is 24.5 Å². The second-order valence-electron chi connectivity index (χ2n) is 2.58. The van der Waals surface area contributed by atoms with Crippen molar-refractivity contribution in [1.29, 1.82) is 0 Å². The van der Waals surface area contributed by atoms with Crippen LogP contribution in [0.15, 0.2) is 6.07 Å². The van der Waals surface area contributed by atoms with E-state index < -0.39 is 0 Å². The summed E-state index contributed by atoms with van der Waals surface area (Å²) >= 11 is 3.82. The molecule has 0 saturated carbocycles. The summed E-state index contributed by atoms with van der Waals surface area (Å²) in [6.45, 7) is 1.79. The van der Waals surface area contributed by atoms with Crippen LogP contribution in [-0.4, -0.2) is 28.7 Å². The minimum Gasteiger partial charge on any atom is -0.481 e. The number of amides is 1. The van der Waals surface area contributed by atoms with E-state index in [1.54, 1.807) is 13.0 Å². The van der Waals surface area contributed by atoms with Gasteiger partial charge >= 0.3 is 0 Å². The summed E-state index contributed by atoms with van der Waals surface area (Å²) in [5.74, 6) is 0.508. The highest BCUT2D eigenvalue weighted by atomic mass is 32.1. The second-order valence-corrected chi connectivity index (χ2v) is 2.90. The number of carbonyl (C=O) groups is 1. The molecule has 0 aliphatic carbocycles. The van der Waals surface area contributed by atoms with E-state index in [4.69, 9.17) is 4.74 Å². The number of methoxy groups -OCH3 is 1. The first kappa shape index (κ1) is 10.8. The van der Waals surface area contributed by atoms with Crippen LogP contribution in [0, 0.1) is 6.92 Å². The molecular weight excluding hydrogens is 202 g/mol. The number of rotatable bonds is 3. The molecule has 0 unspecified atom stereocenters. The minimum absolute atomic E-state index is 0.0968. The summed E-state index contributed by atoms with van der Waals surface area (Å²) < 4.78 is 4.93. The van der Waals surface area contributed by atoms with Gasteiger partial charge in [-0.25, -0.2) is 4.98 Å². The van der Waals surface area contributed by atoms with Gasteiger partial charge in [-0.2, -0.15) is 17.6 Å². The predicted octanol–water partition coefficient (Wildman–Crippen LogP) is 0.662. The molecule has 0 saturated heterocycles. The van der Waals surface area contributed by atoms with Crippen molar-refractivity contribution in [3.05, 3.63) is 11.8 Å². The Kier molecular flexibility index (Phi) is 3.70. The van der Waals surface area contributed by atoms with Crippen molar-refractivity contribution in [2.24, 2.45) is 0 Å². The number of anilines is 1. The average molecular weight is 213 g/mol. The van der Waals surface area contributed by atoms with E-state index in [1.807, 2.05) is 0 Å². The molecule has 1 aromatic heterocycles. The molecule has 0 fully saturated rings. The van der Waals surface area contributed by atoms with Crippen LogP contribution < -0.4 is 10.1 Å². The second kappa shape index (κ2) is 4.80. The first-order valence-corrected chi connectivity index (χ1v) is 4.59. The summed E-state index contributed by atoms with van der Waals surface area (Å²) in [6, 6.07) is 1.68. The molecule has 0 bridgehead atoms. The van der Waals surface area contributed by atoms with Crippen LogP contribution in [0.2, 0.25) is 0 Å². The normalized spacial score (nSPS) is 9.64. The summed E-state index contributed by atoms with van der Waals surface area (Å²) in [5, 5.41) is 2.49. The topological polar surface area (TPSA) is 64.1 Å². The maximum Gasteiger partial charge on any atom is 0.236 e. The molecule has 1 amide bonds. The summed E-state index contributed by atoms with van der Waals surface area (Å²) in [7, 11) is 1.51. The van der Waals surface area contributed by atoms with Gasteiger partial charge in [0.2, 0.25) is 17.7 Å². The van der Waals surface area contributed by atoms with E-state index in [-0.39, 0.29) is 17.6 Å². The molecule has 5 nitrogen and oxygen atoms in total. The largest absolute Gasteiger partial charge is 0.481 e. The van der Waals surface area contributed by atoms with Crippen LogP contribution in [0.4, 0.5) is 5.95 Å². The molecule has 1 N–H and O–H groups in total. The van der Waals surface area contributed by atoms with Gasteiger partial charge in [-0.05, 0) is 6.92 Å². The number of ether oxygens (including phenoxy) is 1. The third kappa shape index (κ3) is 2.88. The maximum atomic E-state index is 11.0. The molecule has 1 rings (SSSR count). The average Bonchev–Trinajstić information content (AvgIpc) is 2.16. The van der Waals surface area contributed by atoms with Crippen molar-refractivity contribution < 1.29 is 9.53 Å². The standard InChI is InChI=1S/C8H11N3O2S/c1-5-3-7(13-2)11-8(9-5)10-6(12)4-14/h3,14H,4H2,1-2H3,(H,9,10,11,12). The van der Waals surface area contributed by atoms with E-state index in [0.29, 0.717) is 5.88 Å². The lowest BCUT2D eigenvalue weighted by Gasteiger charge is -2.04. The lowest BCUT2D eigenvalue weighted by atomic mass is 10.4. The van der Waals surface area contributed by atoms with Crippen molar-refractivity contribution in [2.75, 3.05) is 18.2 Å². The molecule has 0 radical (unpaired) electrons. The fourth-order valence-corrected chi connectivity index (χ4v) is 0.943. The molecule has 0 spiro atoms. The molecule has 76 valence electrons. The highest BCUT2D eigenvalue weighted by Crippen LogP contribution is 2.10. The van der Waals surface area contributed by atoms with Crippen molar-refractivity contribution in [3.8, 4) is 5.88 Å². The Bertz CT molecular complexity index is 343. The lowest BCUT2D eigenvalue weighted by Crippen LogP contribution is -2.15. The summed E-state index contributed by atoms with van der Waals surface area (Å²) in [5.41, 5.74) is 0.728. The Morgan fingerprint density at radius 2 is 2.36 bits per heavy atom. The van der Waals surface area contributed by atoms with Gasteiger partial charge in [0.05, 0.1) is 12.9 Å². The van der Waals surface area contributed by atoms with E-state index in [1.165, 1.54) is 7.11 Å². The molecule has 0 aliphatic heterocycles. The van der Waals surface area contributed by atoms with Gasteiger partial charge in [0.1, 0.15) is 0 Å². The Morgan fingerprint density at radius 3 is 2.93 bits per heavy atom. The highest BCUT2D eigenvalue weighted by molar-refractivity contribution is 7.81. The Morgan fingerprint density at radius 1 is 1.64 bits per heavy atom. The zero-order valence-corrected chi connectivity index (χ0v) is 8.84. The molecule has 1 heterocycles. The molecule has 0 atom stereocenters. The molecular formula is C8H11N3O2S. The third-order valence-corrected chi connectivity index (χ3v) is 1.72. The zero-order valence-electron chi connectivity index (χ0n) is 7.94. The van der Waals surface area contributed by atoms with E-state index in [0.717, 1.165) is 5.69 Å². The van der Waals surface area contributed by atoms with Crippen LogP contribution in [0.3, 0.4) is 0 Å². The summed E-state index contributed by atoms with van der Waals surface area (Å²) in [4.78, 5) is 18.9. The lowest BCUT2D eigenvalue weighted by molar-refractivity contribution is -0.113. The molecule has 0 aromatic carbocycles. The van der Waals surface area contributed by atoms with Crippen LogP contribution in [0.25, 0.3) is 0 Å². The smallest absolute Gasteiger partial charge is 0.236 e. The Balaban J connectivity index is 2.86. The number of hydrogen-bond acceptors (Lipinski definition) is 5. The maximum absolute atomic E-state index is 11.0. The first-order chi connectivity index (χ1) is 6.65. The number of carbonyl (C=O) groups excluding carboxylic acids is 1. The van der Waals surface area contributed by atoms with Crippen molar-refractivity contribution in [3.63, 3.8) is 0 Å². The fraction of sp³-hybridized carbons (Fsp3) is 0.375. The monoisotopic (exact) mass is 213 g/mol. The Labute approximate surface area is 87.3 Å². The van der Waals surface area contributed by atoms with Crippen LogP contribution in [-0.2, 0) is 4.79 Å². The van der Waals surface area contributed by atoms with Gasteiger partial charge in [0.15, 0.2) is 0 Å². The van der Waals surface area contributed by atoms with E-state index >= 15 is 0 Å². The van der Waals surface area contributed by atoms with Gasteiger partial charge in [-0.1, -0.05) is 0 Å². The van der Waals surface area contributed by atoms with Gasteiger partial charge in [-0.15, -0.1) is 0 Å². The SMILES string of the molecule is COc1cc(C)nc(NC(=O)CS)n1. The number of aryl methyl sites for hydroxylation is 1. The Hall–Kier alpha value is -1.30. The number of hydrogen-bond donors (Lipinski definition) is 2. The molecule has 6 heteroatoms. The van der Waals surface area contributed by atoms with Crippen molar-refractivity contribution in [1.82, 2.24) is 9.97 Å². The van der Waals surface area contributed by atoms with E-state index in [2.05, 4.69) is 27.9 Å². The molecule has 14 heavy (non-hydrogen) atoms. The first-order valence-electron chi connectivity index (χ1n) is 3.96. The molecule has 1 aromatic rings. The predicted molar refractivity (Wildman–Crippen MR) is 55.8 cm³/mol. The highest BCUT2D eigenvalue weighted by Gasteiger charge is 2.04. The zero-order chi connectivity index (χ0) is 10.6. The number of aromatic nitrogens is 2.